The van der Waals surface area contributed by atoms with Crippen LogP contribution in [0, 0.1) is 5.92 Å². The molecule has 1 fully saturated rings. The molecular formula is C17H23NO5. The van der Waals surface area contributed by atoms with Gasteiger partial charge in [-0.2, -0.15) is 0 Å². The molecule has 1 heterocycles. The molecule has 1 saturated heterocycles. The third kappa shape index (κ3) is 5.56. The van der Waals surface area contributed by atoms with Gasteiger partial charge in [0, 0.05) is 24.8 Å². The number of para-hydroxylation sites is 1. The van der Waals surface area contributed by atoms with E-state index in [4.69, 9.17) is 14.2 Å². The zero-order chi connectivity index (χ0) is 16.5. The molecule has 126 valence electrons. The van der Waals surface area contributed by atoms with Crippen LogP contribution < -0.4 is 5.32 Å². The van der Waals surface area contributed by atoms with Gasteiger partial charge < -0.3 is 19.5 Å². The Labute approximate surface area is 136 Å². The number of hydrogen-bond acceptors (Lipinski definition) is 6. The van der Waals surface area contributed by atoms with Crippen molar-refractivity contribution < 1.29 is 23.8 Å². The maximum Gasteiger partial charge on any atom is 0.347 e. The number of carbonyl (C=O) groups excluding carboxylic acids is 2. The summed E-state index contributed by atoms with van der Waals surface area (Å²) >= 11 is 0. The average Bonchev–Trinajstić information content (AvgIpc) is 3.08. The predicted molar refractivity (Wildman–Crippen MR) is 85.0 cm³/mol. The fraction of sp³-hybridized carbons (Fsp3) is 0.529. The number of hydrogen-bond donors (Lipinski definition) is 1. The minimum absolute atomic E-state index is 0.125. The molecule has 0 amide bonds. The van der Waals surface area contributed by atoms with Crippen molar-refractivity contribution in [2.75, 3.05) is 31.7 Å². The lowest BCUT2D eigenvalue weighted by Crippen LogP contribution is -2.36. The van der Waals surface area contributed by atoms with E-state index in [2.05, 4.69) is 5.32 Å². The molecular weight excluding hydrogens is 298 g/mol. The van der Waals surface area contributed by atoms with Gasteiger partial charge in [0.05, 0.1) is 19.6 Å². The second kappa shape index (κ2) is 9.15. The molecule has 0 bridgehead atoms. The summed E-state index contributed by atoms with van der Waals surface area (Å²) in [5.74, 6) is -1.04. The quantitative estimate of drug-likeness (QED) is 0.738. The van der Waals surface area contributed by atoms with Crippen molar-refractivity contribution in [3.05, 3.63) is 30.3 Å². The van der Waals surface area contributed by atoms with E-state index < -0.39 is 18.0 Å². The minimum atomic E-state index is -0.873. The normalized spacial score (nSPS) is 18.2. The van der Waals surface area contributed by atoms with Crippen LogP contribution in [0.2, 0.25) is 0 Å². The van der Waals surface area contributed by atoms with Crippen LogP contribution in [0.5, 0.6) is 0 Å². The van der Waals surface area contributed by atoms with Gasteiger partial charge in [-0.05, 0) is 25.5 Å². The monoisotopic (exact) mass is 321 g/mol. The van der Waals surface area contributed by atoms with Crippen molar-refractivity contribution in [1.29, 1.82) is 0 Å². The molecule has 0 spiro atoms. The molecule has 23 heavy (non-hydrogen) atoms. The van der Waals surface area contributed by atoms with Crippen molar-refractivity contribution in [2.45, 2.75) is 25.9 Å². The standard InChI is InChI=1S/C17H23NO5/c1-2-22-17(20)16(13-9-11-21-12-13)23-15(19)8-10-18-14-6-4-3-5-7-14/h3-7,13,16,18H,2,8-12H2,1H3/t13-,16+/m1/s1. The van der Waals surface area contributed by atoms with Crippen LogP contribution in [-0.2, 0) is 23.8 Å². The molecule has 2 atom stereocenters. The number of esters is 2. The first-order chi connectivity index (χ1) is 11.2. The highest BCUT2D eigenvalue weighted by Gasteiger charge is 2.35. The zero-order valence-corrected chi connectivity index (χ0v) is 13.3. The molecule has 1 aliphatic rings. The Kier molecular flexibility index (Phi) is 6.87. The fourth-order valence-electron chi connectivity index (χ4n) is 2.42. The molecule has 1 aromatic rings. The molecule has 2 rings (SSSR count). The van der Waals surface area contributed by atoms with Crippen molar-refractivity contribution in [3.63, 3.8) is 0 Å². The maximum atomic E-state index is 12.0. The summed E-state index contributed by atoms with van der Waals surface area (Å²) in [6, 6.07) is 9.59. The first kappa shape index (κ1) is 17.3. The summed E-state index contributed by atoms with van der Waals surface area (Å²) in [6.07, 6.45) is -0.00103. The van der Waals surface area contributed by atoms with Gasteiger partial charge >= 0.3 is 11.9 Å². The largest absolute Gasteiger partial charge is 0.463 e. The minimum Gasteiger partial charge on any atom is -0.463 e. The molecule has 0 unspecified atom stereocenters. The van der Waals surface area contributed by atoms with Crippen LogP contribution in [0.15, 0.2) is 30.3 Å². The van der Waals surface area contributed by atoms with Crippen LogP contribution in [0.1, 0.15) is 19.8 Å². The Balaban J connectivity index is 1.80. The number of benzene rings is 1. The van der Waals surface area contributed by atoms with Crippen molar-refractivity contribution in [1.82, 2.24) is 0 Å². The van der Waals surface area contributed by atoms with Crippen molar-refractivity contribution >= 4 is 17.6 Å². The summed E-state index contributed by atoms with van der Waals surface area (Å²) in [7, 11) is 0. The van der Waals surface area contributed by atoms with Gasteiger partial charge in [-0.3, -0.25) is 4.79 Å². The molecule has 6 heteroatoms. The number of rotatable bonds is 8. The van der Waals surface area contributed by atoms with E-state index >= 15 is 0 Å². The average molecular weight is 321 g/mol. The van der Waals surface area contributed by atoms with Gasteiger partial charge in [0.15, 0.2) is 0 Å². The molecule has 0 aromatic heterocycles. The van der Waals surface area contributed by atoms with Gasteiger partial charge in [-0.25, -0.2) is 4.79 Å². The highest BCUT2D eigenvalue weighted by atomic mass is 16.6. The van der Waals surface area contributed by atoms with E-state index in [9.17, 15) is 9.59 Å². The van der Waals surface area contributed by atoms with E-state index in [0.29, 0.717) is 26.2 Å². The first-order valence-electron chi connectivity index (χ1n) is 7.93. The molecule has 1 aromatic carbocycles. The van der Waals surface area contributed by atoms with E-state index in [-0.39, 0.29) is 18.9 Å². The highest BCUT2D eigenvalue weighted by Crippen LogP contribution is 2.21. The van der Waals surface area contributed by atoms with E-state index in [0.717, 1.165) is 5.69 Å². The summed E-state index contributed by atoms with van der Waals surface area (Å²) in [6.45, 7) is 3.42. The summed E-state index contributed by atoms with van der Waals surface area (Å²) in [4.78, 5) is 24.0. The molecule has 1 aliphatic heterocycles. The Hall–Kier alpha value is -2.08. The predicted octanol–water partition coefficient (Wildman–Crippen LogP) is 2.00. The Morgan fingerprint density at radius 1 is 1.35 bits per heavy atom. The topological polar surface area (TPSA) is 73.9 Å². The van der Waals surface area contributed by atoms with Gasteiger partial charge in [-0.15, -0.1) is 0 Å². The van der Waals surface area contributed by atoms with Crippen LogP contribution in [0.25, 0.3) is 0 Å². The summed E-state index contributed by atoms with van der Waals surface area (Å²) in [5, 5.41) is 3.13. The summed E-state index contributed by atoms with van der Waals surface area (Å²) < 4.78 is 15.6. The van der Waals surface area contributed by atoms with E-state index in [1.807, 2.05) is 30.3 Å². The second-order valence-corrected chi connectivity index (χ2v) is 5.33. The molecule has 0 aliphatic carbocycles. The lowest BCUT2D eigenvalue weighted by molar-refractivity contribution is -0.171. The van der Waals surface area contributed by atoms with Crippen molar-refractivity contribution in [2.24, 2.45) is 5.92 Å². The zero-order valence-electron chi connectivity index (χ0n) is 13.3. The lowest BCUT2D eigenvalue weighted by atomic mass is 10.0. The van der Waals surface area contributed by atoms with Crippen LogP contribution in [-0.4, -0.2) is 44.4 Å². The van der Waals surface area contributed by atoms with Gasteiger partial charge in [-0.1, -0.05) is 18.2 Å². The number of anilines is 1. The number of nitrogens with one attached hydrogen (secondary N) is 1. The van der Waals surface area contributed by atoms with Crippen LogP contribution in [0.4, 0.5) is 5.69 Å². The van der Waals surface area contributed by atoms with Crippen LogP contribution in [0.3, 0.4) is 0 Å². The molecule has 0 saturated carbocycles. The number of carbonyl (C=O) groups is 2. The molecule has 0 radical (unpaired) electrons. The van der Waals surface area contributed by atoms with E-state index in [1.54, 1.807) is 6.92 Å². The smallest absolute Gasteiger partial charge is 0.347 e. The second-order valence-electron chi connectivity index (χ2n) is 5.33. The SMILES string of the molecule is CCOC(=O)[C@@H](OC(=O)CCNc1ccccc1)[C@@H]1CCOC1. The van der Waals surface area contributed by atoms with Gasteiger partial charge in [0.2, 0.25) is 6.10 Å². The van der Waals surface area contributed by atoms with Crippen LogP contribution >= 0.6 is 0 Å². The van der Waals surface area contributed by atoms with Crippen molar-refractivity contribution in [3.8, 4) is 0 Å². The highest BCUT2D eigenvalue weighted by molar-refractivity contribution is 5.80. The first-order valence-corrected chi connectivity index (χ1v) is 7.93. The Bertz CT molecular complexity index is 499. The lowest BCUT2D eigenvalue weighted by Gasteiger charge is -2.21. The third-order valence-corrected chi connectivity index (χ3v) is 3.60. The molecule has 1 N–H and O–H groups in total. The number of ether oxygens (including phenoxy) is 3. The summed E-state index contributed by atoms with van der Waals surface area (Å²) in [5.41, 5.74) is 0.937. The van der Waals surface area contributed by atoms with E-state index in [1.165, 1.54) is 0 Å². The molecule has 6 nitrogen and oxygen atoms in total. The Morgan fingerprint density at radius 2 is 2.13 bits per heavy atom. The third-order valence-electron chi connectivity index (χ3n) is 3.60. The fourth-order valence-corrected chi connectivity index (χ4v) is 2.42. The Morgan fingerprint density at radius 3 is 2.78 bits per heavy atom. The van der Waals surface area contributed by atoms with Gasteiger partial charge in [0.25, 0.3) is 0 Å². The maximum absolute atomic E-state index is 12.0. The van der Waals surface area contributed by atoms with Gasteiger partial charge in [0.1, 0.15) is 0 Å².